The van der Waals surface area contributed by atoms with Gasteiger partial charge in [-0.2, -0.15) is 13.2 Å². The van der Waals surface area contributed by atoms with E-state index in [1.54, 1.807) is 6.07 Å². The number of hydrogen-bond acceptors (Lipinski definition) is 2. The molecule has 1 N–H and O–H groups in total. The van der Waals surface area contributed by atoms with Crippen LogP contribution in [0.15, 0.2) is 24.3 Å². The summed E-state index contributed by atoms with van der Waals surface area (Å²) in [5, 5.41) is 9.85. The van der Waals surface area contributed by atoms with E-state index in [1.807, 2.05) is 6.92 Å². The van der Waals surface area contributed by atoms with Gasteiger partial charge >= 0.3 is 6.18 Å². The molecule has 2 unspecified atom stereocenters. The lowest BCUT2D eigenvalue weighted by molar-refractivity contribution is -0.137. The molecule has 18 heavy (non-hydrogen) atoms. The third-order valence-corrected chi connectivity index (χ3v) is 2.83. The molecule has 0 saturated heterocycles. The first-order chi connectivity index (χ1) is 8.38. The van der Waals surface area contributed by atoms with Crippen LogP contribution >= 0.6 is 0 Å². The van der Waals surface area contributed by atoms with Crippen molar-refractivity contribution < 1.29 is 23.0 Å². The average molecular weight is 262 g/mol. The van der Waals surface area contributed by atoms with E-state index >= 15 is 0 Å². The van der Waals surface area contributed by atoms with E-state index in [1.165, 1.54) is 13.2 Å². The van der Waals surface area contributed by atoms with Crippen molar-refractivity contribution in [2.45, 2.75) is 38.1 Å². The first-order valence-electron chi connectivity index (χ1n) is 5.75. The highest BCUT2D eigenvalue weighted by Gasteiger charge is 2.30. The quantitative estimate of drug-likeness (QED) is 0.883. The summed E-state index contributed by atoms with van der Waals surface area (Å²) in [5.41, 5.74) is -0.245. The molecule has 0 aliphatic rings. The summed E-state index contributed by atoms with van der Waals surface area (Å²) in [6.45, 7) is 1.85. The van der Waals surface area contributed by atoms with Gasteiger partial charge in [0.2, 0.25) is 0 Å². The Balaban J connectivity index is 2.79. The summed E-state index contributed by atoms with van der Waals surface area (Å²) in [5.74, 6) is 0. The van der Waals surface area contributed by atoms with Crippen molar-refractivity contribution in [3.8, 4) is 0 Å². The van der Waals surface area contributed by atoms with Crippen molar-refractivity contribution in [3.05, 3.63) is 35.4 Å². The number of rotatable bonds is 5. The Labute approximate surface area is 104 Å². The van der Waals surface area contributed by atoms with Gasteiger partial charge in [0.15, 0.2) is 0 Å². The van der Waals surface area contributed by atoms with Crippen LogP contribution in [0.5, 0.6) is 0 Å². The van der Waals surface area contributed by atoms with Crippen LogP contribution in [0.3, 0.4) is 0 Å². The summed E-state index contributed by atoms with van der Waals surface area (Å²) in [7, 11) is 1.48. The van der Waals surface area contributed by atoms with Crippen molar-refractivity contribution in [1.82, 2.24) is 0 Å². The normalized spacial score (nSPS) is 15.4. The van der Waals surface area contributed by atoms with Crippen LogP contribution in [0.1, 0.15) is 24.5 Å². The number of halogens is 3. The highest BCUT2D eigenvalue weighted by Crippen LogP contribution is 2.29. The predicted molar refractivity (Wildman–Crippen MR) is 62.2 cm³/mol. The molecule has 1 rings (SSSR count). The lowest BCUT2D eigenvalue weighted by atomic mass is 10.0. The SMILES string of the molecule is CCC(OC)C(O)Cc1cccc(C(F)(F)F)c1. The zero-order valence-electron chi connectivity index (χ0n) is 10.4. The van der Waals surface area contributed by atoms with Gasteiger partial charge in [0, 0.05) is 13.5 Å². The lowest BCUT2D eigenvalue weighted by Gasteiger charge is -2.20. The van der Waals surface area contributed by atoms with Crippen LogP contribution in [-0.2, 0) is 17.3 Å². The molecule has 0 radical (unpaired) electrons. The van der Waals surface area contributed by atoms with E-state index in [9.17, 15) is 18.3 Å². The molecule has 0 spiro atoms. The zero-order chi connectivity index (χ0) is 13.8. The molecular weight excluding hydrogens is 245 g/mol. The Kier molecular flexibility index (Phi) is 5.16. The molecule has 2 atom stereocenters. The molecule has 102 valence electrons. The number of alkyl halides is 3. The molecule has 0 saturated carbocycles. The molecular formula is C13H17F3O2. The van der Waals surface area contributed by atoms with Crippen molar-refractivity contribution in [3.63, 3.8) is 0 Å². The summed E-state index contributed by atoms with van der Waals surface area (Å²) in [6, 6.07) is 4.99. The molecule has 0 fully saturated rings. The summed E-state index contributed by atoms with van der Waals surface area (Å²) in [4.78, 5) is 0. The molecule has 5 heteroatoms. The van der Waals surface area contributed by atoms with Gasteiger partial charge in [0.05, 0.1) is 17.8 Å². The standard InChI is InChI=1S/C13H17F3O2/c1-3-12(18-2)11(17)8-9-5-4-6-10(7-9)13(14,15)16/h4-7,11-12,17H,3,8H2,1-2H3. The molecule has 0 aliphatic carbocycles. The van der Waals surface area contributed by atoms with Gasteiger partial charge in [-0.3, -0.25) is 0 Å². The monoisotopic (exact) mass is 262 g/mol. The minimum Gasteiger partial charge on any atom is -0.390 e. The van der Waals surface area contributed by atoms with Gasteiger partial charge in [-0.15, -0.1) is 0 Å². The van der Waals surface area contributed by atoms with Crippen LogP contribution < -0.4 is 0 Å². The fourth-order valence-electron chi connectivity index (χ4n) is 1.84. The smallest absolute Gasteiger partial charge is 0.390 e. The Morgan fingerprint density at radius 2 is 2.00 bits per heavy atom. The maximum absolute atomic E-state index is 12.5. The highest BCUT2D eigenvalue weighted by molar-refractivity contribution is 5.26. The second-order valence-electron chi connectivity index (χ2n) is 4.15. The van der Waals surface area contributed by atoms with Gasteiger partial charge in [-0.1, -0.05) is 25.1 Å². The molecule has 0 aliphatic heterocycles. The van der Waals surface area contributed by atoms with Crippen LogP contribution in [0.4, 0.5) is 13.2 Å². The third-order valence-electron chi connectivity index (χ3n) is 2.83. The fraction of sp³-hybridized carbons (Fsp3) is 0.538. The van der Waals surface area contributed by atoms with E-state index in [-0.39, 0.29) is 12.5 Å². The van der Waals surface area contributed by atoms with Gasteiger partial charge in [0.1, 0.15) is 0 Å². The molecule has 0 amide bonds. The summed E-state index contributed by atoms with van der Waals surface area (Å²) in [6.07, 6.45) is -4.76. The number of aliphatic hydroxyl groups excluding tert-OH is 1. The van der Waals surface area contributed by atoms with E-state index in [0.717, 1.165) is 12.1 Å². The number of methoxy groups -OCH3 is 1. The Bertz CT molecular complexity index is 373. The lowest BCUT2D eigenvalue weighted by Crippen LogP contribution is -2.29. The first-order valence-corrected chi connectivity index (χ1v) is 5.75. The Morgan fingerprint density at radius 3 is 2.50 bits per heavy atom. The van der Waals surface area contributed by atoms with Crippen LogP contribution in [0.25, 0.3) is 0 Å². The van der Waals surface area contributed by atoms with E-state index in [4.69, 9.17) is 4.74 Å². The number of benzene rings is 1. The van der Waals surface area contributed by atoms with Crippen LogP contribution in [-0.4, -0.2) is 24.4 Å². The van der Waals surface area contributed by atoms with Crippen LogP contribution in [0, 0.1) is 0 Å². The topological polar surface area (TPSA) is 29.5 Å². The van der Waals surface area contributed by atoms with Crippen LogP contribution in [0.2, 0.25) is 0 Å². The minimum absolute atomic E-state index is 0.149. The van der Waals surface area contributed by atoms with E-state index in [0.29, 0.717) is 12.0 Å². The molecule has 0 aromatic heterocycles. The zero-order valence-corrected chi connectivity index (χ0v) is 10.4. The molecule has 1 aromatic rings. The van der Waals surface area contributed by atoms with Gasteiger partial charge in [-0.25, -0.2) is 0 Å². The fourth-order valence-corrected chi connectivity index (χ4v) is 1.84. The second kappa shape index (κ2) is 6.20. The first kappa shape index (κ1) is 15.0. The Morgan fingerprint density at radius 1 is 1.33 bits per heavy atom. The second-order valence-corrected chi connectivity index (χ2v) is 4.15. The van der Waals surface area contributed by atoms with Gasteiger partial charge in [0.25, 0.3) is 0 Å². The molecule has 1 aromatic carbocycles. The number of aliphatic hydroxyl groups is 1. The average Bonchev–Trinajstić information content (AvgIpc) is 2.29. The predicted octanol–water partition coefficient (Wildman–Crippen LogP) is 3.03. The maximum atomic E-state index is 12.5. The number of hydrogen-bond donors (Lipinski definition) is 1. The Hall–Kier alpha value is -1.07. The molecule has 2 nitrogen and oxygen atoms in total. The molecule has 0 heterocycles. The van der Waals surface area contributed by atoms with Gasteiger partial charge in [-0.05, 0) is 18.1 Å². The summed E-state index contributed by atoms with van der Waals surface area (Å²) < 4.78 is 42.6. The van der Waals surface area contributed by atoms with Crippen molar-refractivity contribution >= 4 is 0 Å². The third kappa shape index (κ3) is 3.99. The van der Waals surface area contributed by atoms with Crippen molar-refractivity contribution in [2.24, 2.45) is 0 Å². The number of ether oxygens (including phenoxy) is 1. The highest BCUT2D eigenvalue weighted by atomic mass is 19.4. The van der Waals surface area contributed by atoms with E-state index < -0.39 is 17.8 Å². The minimum atomic E-state index is -4.35. The van der Waals surface area contributed by atoms with Crippen molar-refractivity contribution in [1.29, 1.82) is 0 Å². The maximum Gasteiger partial charge on any atom is 0.416 e. The largest absolute Gasteiger partial charge is 0.416 e. The van der Waals surface area contributed by atoms with E-state index in [2.05, 4.69) is 0 Å². The van der Waals surface area contributed by atoms with Crippen molar-refractivity contribution in [2.75, 3.05) is 7.11 Å². The van der Waals surface area contributed by atoms with Gasteiger partial charge < -0.3 is 9.84 Å². The molecule has 0 bridgehead atoms. The summed E-state index contributed by atoms with van der Waals surface area (Å²) >= 11 is 0.